The first kappa shape index (κ1) is 14.4. The lowest BCUT2D eigenvalue weighted by molar-refractivity contribution is 0.556. The van der Waals surface area contributed by atoms with Gasteiger partial charge in [0, 0.05) is 32.6 Å². The molecule has 2 N–H and O–H groups in total. The minimum absolute atomic E-state index is 0.350. The number of hydrogen-bond donors (Lipinski definition) is 2. The molecule has 1 aliphatic carbocycles. The van der Waals surface area contributed by atoms with Gasteiger partial charge in [0.1, 0.15) is 12.2 Å². The summed E-state index contributed by atoms with van der Waals surface area (Å²) in [7, 11) is -1.42. The lowest BCUT2D eigenvalue weighted by Gasteiger charge is -2.14. The van der Waals surface area contributed by atoms with Gasteiger partial charge >= 0.3 is 0 Å². The van der Waals surface area contributed by atoms with Gasteiger partial charge in [0.05, 0.1) is 5.25 Å². The number of sulfonamides is 1. The Bertz CT molecular complexity index is 509. The lowest BCUT2D eigenvalue weighted by Crippen LogP contribution is -2.40. The molecule has 1 heterocycles. The minimum atomic E-state index is -3.26. The van der Waals surface area contributed by atoms with Crippen LogP contribution in [0.3, 0.4) is 0 Å². The normalized spacial score (nSPS) is 17.6. The summed E-state index contributed by atoms with van der Waals surface area (Å²) in [4.78, 5) is 0. The number of nitrogens with one attached hydrogen (secondary N) is 2. The van der Waals surface area contributed by atoms with Gasteiger partial charge in [-0.2, -0.15) is 0 Å². The summed E-state index contributed by atoms with van der Waals surface area (Å²) in [6.45, 7) is 2.58. The third-order valence-corrected chi connectivity index (χ3v) is 5.09. The zero-order valence-electron chi connectivity index (χ0n) is 11.3. The maximum absolute atomic E-state index is 12.0. The van der Waals surface area contributed by atoms with Crippen LogP contribution in [0.5, 0.6) is 0 Å². The van der Waals surface area contributed by atoms with Gasteiger partial charge in [0.25, 0.3) is 0 Å². The zero-order chi connectivity index (χ0) is 13.9. The first-order chi connectivity index (χ1) is 8.99. The molecule has 0 bridgehead atoms. The average Bonchev–Trinajstić information content (AvgIpc) is 3.10. The van der Waals surface area contributed by atoms with E-state index >= 15 is 0 Å². The fourth-order valence-corrected chi connectivity index (χ4v) is 2.70. The van der Waals surface area contributed by atoms with Crippen molar-refractivity contribution >= 4 is 10.0 Å². The van der Waals surface area contributed by atoms with Crippen molar-refractivity contribution in [1.29, 1.82) is 0 Å². The summed E-state index contributed by atoms with van der Waals surface area (Å²) in [5.74, 6) is 0.770. The van der Waals surface area contributed by atoms with Crippen LogP contribution in [0, 0.1) is 0 Å². The van der Waals surface area contributed by atoms with E-state index in [0.29, 0.717) is 25.6 Å². The highest BCUT2D eigenvalue weighted by molar-refractivity contribution is 7.90. The van der Waals surface area contributed by atoms with E-state index < -0.39 is 15.3 Å². The molecule has 0 aromatic carbocycles. The molecular weight excluding hydrogens is 266 g/mol. The van der Waals surface area contributed by atoms with Crippen molar-refractivity contribution in [3.63, 3.8) is 0 Å². The van der Waals surface area contributed by atoms with Crippen molar-refractivity contribution in [3.8, 4) is 0 Å². The molecule has 0 radical (unpaired) electrons. The SMILES string of the molecule is CC(CNC1CC1)S(=O)(=O)NCCc1nncn1C. The molecule has 19 heavy (non-hydrogen) atoms. The van der Waals surface area contributed by atoms with Gasteiger partial charge in [0.2, 0.25) is 10.0 Å². The van der Waals surface area contributed by atoms with Gasteiger partial charge in [-0.15, -0.1) is 10.2 Å². The molecule has 1 aromatic heterocycles. The van der Waals surface area contributed by atoms with E-state index in [1.807, 2.05) is 7.05 Å². The van der Waals surface area contributed by atoms with Crippen LogP contribution in [0.1, 0.15) is 25.6 Å². The number of nitrogens with zero attached hydrogens (tertiary/aromatic N) is 3. The fraction of sp³-hybridized carbons (Fsp3) is 0.818. The second-order valence-corrected chi connectivity index (χ2v) is 7.22. The van der Waals surface area contributed by atoms with Crippen LogP contribution in [0.2, 0.25) is 0 Å². The lowest BCUT2D eigenvalue weighted by atomic mass is 10.4. The molecule has 1 atom stereocenters. The summed E-state index contributed by atoms with van der Waals surface area (Å²) < 4.78 is 28.4. The van der Waals surface area contributed by atoms with E-state index in [1.165, 1.54) is 0 Å². The third kappa shape index (κ3) is 4.26. The van der Waals surface area contributed by atoms with Gasteiger partial charge in [-0.25, -0.2) is 13.1 Å². The second kappa shape index (κ2) is 5.98. The topological polar surface area (TPSA) is 88.9 Å². The van der Waals surface area contributed by atoms with Crippen molar-refractivity contribution in [3.05, 3.63) is 12.2 Å². The van der Waals surface area contributed by atoms with E-state index in [4.69, 9.17) is 0 Å². The van der Waals surface area contributed by atoms with Gasteiger partial charge in [-0.05, 0) is 19.8 Å². The highest BCUT2D eigenvalue weighted by atomic mass is 32.2. The van der Waals surface area contributed by atoms with Gasteiger partial charge in [-0.1, -0.05) is 0 Å². The Balaban J connectivity index is 1.74. The predicted molar refractivity (Wildman–Crippen MR) is 72.1 cm³/mol. The van der Waals surface area contributed by atoms with Crippen LogP contribution in [0.15, 0.2) is 6.33 Å². The molecular formula is C11H21N5O2S. The Labute approximate surface area is 113 Å². The number of aromatic nitrogens is 3. The molecule has 8 heteroatoms. The molecule has 0 aliphatic heterocycles. The van der Waals surface area contributed by atoms with Crippen molar-refractivity contribution < 1.29 is 8.42 Å². The molecule has 0 amide bonds. The average molecular weight is 287 g/mol. The molecule has 1 aromatic rings. The number of hydrogen-bond acceptors (Lipinski definition) is 5. The monoisotopic (exact) mass is 287 g/mol. The predicted octanol–water partition coefficient (Wildman–Crippen LogP) is -0.582. The molecule has 0 saturated heterocycles. The largest absolute Gasteiger partial charge is 0.321 e. The Morgan fingerprint density at radius 2 is 2.26 bits per heavy atom. The molecule has 1 unspecified atom stereocenters. The van der Waals surface area contributed by atoms with Gasteiger partial charge < -0.3 is 9.88 Å². The summed E-state index contributed by atoms with van der Waals surface area (Å²) in [6, 6.07) is 0.524. The Morgan fingerprint density at radius 3 is 2.84 bits per heavy atom. The second-order valence-electron chi connectivity index (χ2n) is 5.04. The summed E-state index contributed by atoms with van der Waals surface area (Å²) >= 11 is 0. The van der Waals surface area contributed by atoms with Crippen LogP contribution in [-0.4, -0.2) is 47.6 Å². The van der Waals surface area contributed by atoms with Gasteiger partial charge in [0.15, 0.2) is 0 Å². The quantitative estimate of drug-likeness (QED) is 0.667. The summed E-state index contributed by atoms with van der Waals surface area (Å²) in [6.07, 6.45) is 4.46. The molecule has 108 valence electrons. The van der Waals surface area contributed by atoms with Crippen LogP contribution < -0.4 is 10.0 Å². The van der Waals surface area contributed by atoms with Crippen LogP contribution in [-0.2, 0) is 23.5 Å². The molecule has 1 aliphatic rings. The smallest absolute Gasteiger partial charge is 0.215 e. The first-order valence-corrected chi connectivity index (χ1v) is 8.08. The van der Waals surface area contributed by atoms with Crippen LogP contribution in [0.4, 0.5) is 0 Å². The van der Waals surface area contributed by atoms with Crippen LogP contribution in [0.25, 0.3) is 0 Å². The first-order valence-electron chi connectivity index (χ1n) is 6.54. The molecule has 1 saturated carbocycles. The Hall–Kier alpha value is -0.990. The Morgan fingerprint density at radius 1 is 1.53 bits per heavy atom. The highest BCUT2D eigenvalue weighted by Gasteiger charge is 2.25. The fourth-order valence-electron chi connectivity index (χ4n) is 1.71. The standard InChI is InChI=1S/C11H21N5O2S/c1-9(7-12-10-3-4-10)19(17,18)14-6-5-11-15-13-8-16(11)2/h8-10,12,14H,3-7H2,1-2H3. The minimum Gasteiger partial charge on any atom is -0.321 e. The van der Waals surface area contributed by atoms with E-state index in [2.05, 4.69) is 20.2 Å². The van der Waals surface area contributed by atoms with E-state index in [0.717, 1.165) is 18.7 Å². The summed E-state index contributed by atoms with van der Waals surface area (Å²) in [5.41, 5.74) is 0. The highest BCUT2D eigenvalue weighted by Crippen LogP contribution is 2.18. The van der Waals surface area contributed by atoms with Crippen molar-refractivity contribution in [2.24, 2.45) is 7.05 Å². The van der Waals surface area contributed by atoms with E-state index in [1.54, 1.807) is 17.8 Å². The van der Waals surface area contributed by atoms with E-state index in [-0.39, 0.29) is 0 Å². The molecule has 1 fully saturated rings. The van der Waals surface area contributed by atoms with Crippen LogP contribution >= 0.6 is 0 Å². The maximum atomic E-state index is 12.0. The van der Waals surface area contributed by atoms with Crippen molar-refractivity contribution in [2.75, 3.05) is 13.1 Å². The maximum Gasteiger partial charge on any atom is 0.215 e. The van der Waals surface area contributed by atoms with Crippen molar-refractivity contribution in [1.82, 2.24) is 24.8 Å². The summed E-state index contributed by atoms with van der Waals surface area (Å²) in [5, 5.41) is 10.5. The molecule has 0 spiro atoms. The third-order valence-electron chi connectivity index (χ3n) is 3.26. The molecule has 2 rings (SSSR count). The zero-order valence-corrected chi connectivity index (χ0v) is 12.2. The number of aryl methyl sites for hydroxylation is 1. The van der Waals surface area contributed by atoms with Gasteiger partial charge in [-0.3, -0.25) is 0 Å². The Kier molecular flexibility index (Phi) is 4.54. The van der Waals surface area contributed by atoms with E-state index in [9.17, 15) is 8.42 Å². The number of rotatable bonds is 8. The van der Waals surface area contributed by atoms with Crippen molar-refractivity contribution in [2.45, 2.75) is 37.5 Å². The molecule has 7 nitrogen and oxygen atoms in total.